The molecule has 0 saturated heterocycles. The van der Waals surface area contributed by atoms with Gasteiger partial charge >= 0.3 is 0 Å². The van der Waals surface area contributed by atoms with Crippen LogP contribution < -0.4 is 20.3 Å². The van der Waals surface area contributed by atoms with Gasteiger partial charge in [0.1, 0.15) is 12.3 Å². The van der Waals surface area contributed by atoms with E-state index in [1.165, 1.54) is 4.90 Å². The first kappa shape index (κ1) is 20.2. The van der Waals surface area contributed by atoms with E-state index in [4.69, 9.17) is 4.74 Å². The predicted octanol–water partition coefficient (Wildman–Crippen LogP) is 3.61. The number of carbonyl (C=O) groups is 3. The lowest BCUT2D eigenvalue weighted by Gasteiger charge is -2.29. The number of fused-ring (bicyclic) bond motifs is 1. The minimum atomic E-state index is -0.335. The van der Waals surface area contributed by atoms with Crippen LogP contribution in [0.5, 0.6) is 5.75 Å². The maximum Gasteiger partial charge on any atom is 0.265 e. The summed E-state index contributed by atoms with van der Waals surface area (Å²) in [6, 6.07) is 21.3. The number of aryl methyl sites for hydroxylation is 1. The molecule has 31 heavy (non-hydrogen) atoms. The van der Waals surface area contributed by atoms with E-state index in [2.05, 4.69) is 10.6 Å². The number of nitrogens with zero attached hydrogens (tertiary/aromatic N) is 1. The zero-order chi connectivity index (χ0) is 21.8. The molecule has 0 spiro atoms. The Labute approximate surface area is 179 Å². The fraction of sp³-hybridized carbons (Fsp3) is 0.125. The summed E-state index contributed by atoms with van der Waals surface area (Å²) >= 11 is 0. The number of carbonyl (C=O) groups excluding carboxylic acids is 3. The normalized spacial score (nSPS) is 12.5. The number of rotatable bonds is 5. The average Bonchev–Trinajstić information content (AvgIpc) is 2.76. The highest BCUT2D eigenvalue weighted by molar-refractivity contribution is 6.07. The van der Waals surface area contributed by atoms with Crippen molar-refractivity contribution in [1.82, 2.24) is 0 Å². The van der Waals surface area contributed by atoms with Crippen molar-refractivity contribution in [2.24, 2.45) is 0 Å². The molecule has 156 valence electrons. The molecule has 3 aromatic carbocycles. The number of hydrogen-bond donors (Lipinski definition) is 2. The van der Waals surface area contributed by atoms with E-state index >= 15 is 0 Å². The fourth-order valence-electron chi connectivity index (χ4n) is 3.31. The van der Waals surface area contributed by atoms with Crippen LogP contribution in [0.1, 0.15) is 15.9 Å². The minimum Gasteiger partial charge on any atom is -0.482 e. The molecule has 0 saturated carbocycles. The van der Waals surface area contributed by atoms with Gasteiger partial charge in [-0.05, 0) is 49.4 Å². The van der Waals surface area contributed by atoms with E-state index in [9.17, 15) is 14.4 Å². The summed E-state index contributed by atoms with van der Waals surface area (Å²) in [5, 5.41) is 5.60. The van der Waals surface area contributed by atoms with Gasteiger partial charge in [-0.15, -0.1) is 0 Å². The maximum atomic E-state index is 12.6. The van der Waals surface area contributed by atoms with Crippen molar-refractivity contribution in [3.63, 3.8) is 0 Å². The molecule has 1 heterocycles. The van der Waals surface area contributed by atoms with Crippen molar-refractivity contribution in [3.05, 3.63) is 83.9 Å². The highest BCUT2D eigenvalue weighted by atomic mass is 16.5. The Morgan fingerprint density at radius 1 is 0.935 bits per heavy atom. The fourth-order valence-corrected chi connectivity index (χ4v) is 3.31. The highest BCUT2D eigenvalue weighted by Crippen LogP contribution is 2.34. The van der Waals surface area contributed by atoms with Gasteiger partial charge in [-0.3, -0.25) is 19.3 Å². The van der Waals surface area contributed by atoms with Crippen molar-refractivity contribution in [3.8, 4) is 5.75 Å². The number of hydrogen-bond acceptors (Lipinski definition) is 4. The van der Waals surface area contributed by atoms with E-state index in [1.54, 1.807) is 42.5 Å². The molecule has 0 bridgehead atoms. The Morgan fingerprint density at radius 3 is 2.52 bits per heavy atom. The molecule has 0 radical (unpaired) electrons. The standard InChI is InChI=1S/C24H21N3O4/c1-16-6-5-7-17(12-16)24(30)26-19-10-11-21-20(13-19)27(23(29)15-31-21)14-22(28)25-18-8-3-2-4-9-18/h2-13H,14-15H2,1H3,(H,25,28)(H,26,30). The molecule has 0 aromatic heterocycles. The topological polar surface area (TPSA) is 87.7 Å². The summed E-state index contributed by atoms with van der Waals surface area (Å²) in [5.41, 5.74) is 3.09. The van der Waals surface area contributed by atoms with Gasteiger partial charge in [-0.2, -0.15) is 0 Å². The van der Waals surface area contributed by atoms with E-state index in [0.29, 0.717) is 28.4 Å². The lowest BCUT2D eigenvalue weighted by atomic mass is 10.1. The first-order valence-electron chi connectivity index (χ1n) is 9.80. The number of anilines is 3. The molecule has 1 aliphatic rings. The second-order valence-corrected chi connectivity index (χ2v) is 7.19. The Bertz CT molecular complexity index is 1140. The van der Waals surface area contributed by atoms with Crippen molar-refractivity contribution in [1.29, 1.82) is 0 Å². The number of nitrogens with one attached hydrogen (secondary N) is 2. The Kier molecular flexibility index (Phi) is 5.66. The van der Waals surface area contributed by atoms with Crippen LogP contribution >= 0.6 is 0 Å². The molecule has 0 aliphatic carbocycles. The molecular weight excluding hydrogens is 394 g/mol. The Balaban J connectivity index is 1.53. The zero-order valence-corrected chi connectivity index (χ0v) is 16.9. The SMILES string of the molecule is Cc1cccc(C(=O)Nc2ccc3c(c2)N(CC(=O)Nc2ccccc2)C(=O)CO3)c1. The second kappa shape index (κ2) is 8.71. The molecule has 3 amide bonds. The van der Waals surface area contributed by atoms with Crippen LogP contribution in [-0.4, -0.2) is 30.9 Å². The van der Waals surface area contributed by atoms with Crippen LogP contribution in [0.15, 0.2) is 72.8 Å². The summed E-state index contributed by atoms with van der Waals surface area (Å²) in [6.45, 7) is 1.59. The summed E-state index contributed by atoms with van der Waals surface area (Å²) in [5.74, 6) is -0.458. The summed E-state index contributed by atoms with van der Waals surface area (Å²) in [4.78, 5) is 38.9. The van der Waals surface area contributed by atoms with Gasteiger partial charge in [0.2, 0.25) is 5.91 Å². The molecule has 3 aromatic rings. The van der Waals surface area contributed by atoms with Crippen LogP contribution in [0.3, 0.4) is 0 Å². The molecule has 0 atom stereocenters. The molecule has 1 aliphatic heterocycles. The van der Waals surface area contributed by atoms with Gasteiger partial charge in [-0.1, -0.05) is 35.9 Å². The third-order valence-electron chi connectivity index (χ3n) is 4.80. The third kappa shape index (κ3) is 4.72. The third-order valence-corrected chi connectivity index (χ3v) is 4.80. The molecule has 0 fully saturated rings. The number of benzene rings is 3. The van der Waals surface area contributed by atoms with Gasteiger partial charge in [0, 0.05) is 16.9 Å². The quantitative estimate of drug-likeness (QED) is 0.666. The van der Waals surface area contributed by atoms with Crippen LogP contribution in [-0.2, 0) is 9.59 Å². The number of amides is 3. The second-order valence-electron chi connectivity index (χ2n) is 7.19. The van der Waals surface area contributed by atoms with E-state index in [0.717, 1.165) is 5.56 Å². The zero-order valence-electron chi connectivity index (χ0n) is 16.9. The predicted molar refractivity (Wildman–Crippen MR) is 118 cm³/mol. The summed E-state index contributed by atoms with van der Waals surface area (Å²) in [7, 11) is 0. The average molecular weight is 415 g/mol. The van der Waals surface area contributed by atoms with Crippen molar-refractivity contribution in [2.75, 3.05) is 28.7 Å². The largest absolute Gasteiger partial charge is 0.482 e. The van der Waals surface area contributed by atoms with Crippen LogP contribution in [0.2, 0.25) is 0 Å². The van der Waals surface area contributed by atoms with Gasteiger partial charge in [0.05, 0.1) is 5.69 Å². The van der Waals surface area contributed by atoms with Crippen molar-refractivity contribution < 1.29 is 19.1 Å². The maximum absolute atomic E-state index is 12.6. The van der Waals surface area contributed by atoms with Crippen LogP contribution in [0.25, 0.3) is 0 Å². The Morgan fingerprint density at radius 2 is 1.74 bits per heavy atom. The van der Waals surface area contributed by atoms with Crippen molar-refractivity contribution in [2.45, 2.75) is 6.92 Å². The lowest BCUT2D eigenvalue weighted by Crippen LogP contribution is -2.43. The molecule has 0 unspecified atom stereocenters. The molecule has 7 nitrogen and oxygen atoms in total. The van der Waals surface area contributed by atoms with Crippen molar-refractivity contribution >= 4 is 34.8 Å². The Hall–Kier alpha value is -4.13. The summed E-state index contributed by atoms with van der Waals surface area (Å²) in [6.07, 6.45) is 0. The first-order chi connectivity index (χ1) is 15.0. The van der Waals surface area contributed by atoms with E-state index in [1.807, 2.05) is 37.3 Å². The van der Waals surface area contributed by atoms with Gasteiger partial charge in [0.15, 0.2) is 6.61 Å². The smallest absolute Gasteiger partial charge is 0.265 e. The number of ether oxygens (including phenoxy) is 1. The summed E-state index contributed by atoms with van der Waals surface area (Å²) < 4.78 is 5.49. The van der Waals surface area contributed by atoms with Gasteiger partial charge in [0.25, 0.3) is 11.8 Å². The monoisotopic (exact) mass is 415 g/mol. The molecular formula is C24H21N3O4. The van der Waals surface area contributed by atoms with Gasteiger partial charge < -0.3 is 15.4 Å². The minimum absolute atomic E-state index is 0.152. The van der Waals surface area contributed by atoms with Gasteiger partial charge in [-0.25, -0.2) is 0 Å². The first-order valence-corrected chi connectivity index (χ1v) is 9.80. The lowest BCUT2D eigenvalue weighted by molar-refractivity contribution is -0.123. The van der Waals surface area contributed by atoms with E-state index in [-0.39, 0.29) is 30.9 Å². The highest BCUT2D eigenvalue weighted by Gasteiger charge is 2.28. The number of para-hydroxylation sites is 1. The van der Waals surface area contributed by atoms with E-state index < -0.39 is 0 Å². The molecule has 4 rings (SSSR count). The molecule has 2 N–H and O–H groups in total. The molecule has 7 heteroatoms. The van der Waals surface area contributed by atoms with Crippen LogP contribution in [0, 0.1) is 6.92 Å². The van der Waals surface area contributed by atoms with Crippen LogP contribution in [0.4, 0.5) is 17.1 Å².